The molecule has 0 aliphatic carbocycles. The second-order valence-electron chi connectivity index (χ2n) is 7.23. The van der Waals surface area contributed by atoms with E-state index in [1.165, 1.54) is 38.8 Å². The molecule has 0 spiro atoms. The average Bonchev–Trinajstić information content (AvgIpc) is 3.30. The fourth-order valence-corrected chi connectivity index (χ4v) is 4.29. The van der Waals surface area contributed by atoms with Crippen LogP contribution in [0.1, 0.15) is 31.4 Å². The fourth-order valence-electron chi connectivity index (χ4n) is 4.12. The quantitative estimate of drug-likeness (QED) is 0.662. The smallest absolute Gasteiger partial charge is 0.194 e. The fraction of sp³-hybridized carbons (Fsp3) is 0.579. The molecule has 2 fully saturated rings. The van der Waals surface area contributed by atoms with Gasteiger partial charge in [0.2, 0.25) is 0 Å². The zero-order valence-electron chi connectivity index (χ0n) is 15.4. The van der Waals surface area contributed by atoms with E-state index in [4.69, 9.17) is 11.6 Å². The molecule has 0 aromatic carbocycles. The Morgan fingerprint density at radius 1 is 1.23 bits per heavy atom. The van der Waals surface area contributed by atoms with Crippen molar-refractivity contribution in [2.45, 2.75) is 38.3 Å². The lowest BCUT2D eigenvalue weighted by atomic mass is 10.1. The number of nitrogens with one attached hydrogen (secondary N) is 1. The Labute approximate surface area is 159 Å². The Bertz CT molecular complexity index is 779. The summed E-state index contributed by atoms with van der Waals surface area (Å²) >= 11 is 6.05. The number of nitrogens with zero attached hydrogens (tertiary/aromatic N) is 5. The van der Waals surface area contributed by atoms with Gasteiger partial charge in [0.25, 0.3) is 0 Å². The summed E-state index contributed by atoms with van der Waals surface area (Å²) in [5, 5.41) is 4.19. The molecule has 1 N–H and O–H groups in total. The Hall–Kier alpha value is -1.79. The maximum atomic E-state index is 6.05. The van der Waals surface area contributed by atoms with Crippen molar-refractivity contribution in [3.8, 4) is 0 Å². The summed E-state index contributed by atoms with van der Waals surface area (Å²) in [5.74, 6) is 0.972. The van der Waals surface area contributed by atoms with Crippen LogP contribution in [-0.2, 0) is 6.54 Å². The predicted molar refractivity (Wildman–Crippen MR) is 106 cm³/mol. The number of guanidine groups is 1. The third-order valence-electron chi connectivity index (χ3n) is 5.47. The van der Waals surface area contributed by atoms with Gasteiger partial charge in [0.1, 0.15) is 5.65 Å². The van der Waals surface area contributed by atoms with Gasteiger partial charge in [-0.05, 0) is 44.5 Å². The van der Waals surface area contributed by atoms with E-state index in [0.717, 1.165) is 30.4 Å². The van der Waals surface area contributed by atoms with E-state index >= 15 is 0 Å². The predicted octanol–water partition coefficient (Wildman–Crippen LogP) is 2.62. The van der Waals surface area contributed by atoms with Crippen LogP contribution in [-0.4, -0.2) is 64.4 Å². The third kappa shape index (κ3) is 3.81. The van der Waals surface area contributed by atoms with Crippen LogP contribution < -0.4 is 5.32 Å². The number of hydrogen-bond acceptors (Lipinski definition) is 3. The van der Waals surface area contributed by atoms with E-state index in [-0.39, 0.29) is 0 Å². The number of hydrogen-bond donors (Lipinski definition) is 1. The van der Waals surface area contributed by atoms with Crippen LogP contribution in [0.5, 0.6) is 0 Å². The van der Waals surface area contributed by atoms with Crippen LogP contribution in [0.4, 0.5) is 0 Å². The number of aromatic nitrogens is 2. The molecule has 0 radical (unpaired) electrons. The van der Waals surface area contributed by atoms with Gasteiger partial charge in [-0.2, -0.15) is 0 Å². The lowest BCUT2D eigenvalue weighted by Crippen LogP contribution is -2.44. The first kappa shape index (κ1) is 17.6. The molecule has 2 aliphatic rings. The van der Waals surface area contributed by atoms with E-state index in [1.54, 1.807) is 0 Å². The first-order valence-electron chi connectivity index (χ1n) is 9.56. The van der Waals surface area contributed by atoms with E-state index in [9.17, 15) is 0 Å². The number of likely N-dealkylation sites (tertiary alicyclic amines) is 2. The minimum atomic E-state index is 0.664. The van der Waals surface area contributed by atoms with Crippen molar-refractivity contribution in [3.63, 3.8) is 0 Å². The van der Waals surface area contributed by atoms with E-state index in [1.807, 2.05) is 36.0 Å². The molecule has 0 saturated carbocycles. The molecular weight excluding hydrogens is 348 g/mol. The molecule has 0 amide bonds. The third-order valence-corrected chi connectivity index (χ3v) is 5.70. The molecule has 4 heterocycles. The maximum Gasteiger partial charge on any atom is 0.194 e. The second kappa shape index (κ2) is 7.84. The summed E-state index contributed by atoms with van der Waals surface area (Å²) in [6.07, 6.45) is 9.21. The van der Waals surface area contributed by atoms with Gasteiger partial charge in [-0.3, -0.25) is 9.89 Å². The number of imidazole rings is 1. The molecule has 2 aromatic heterocycles. The van der Waals surface area contributed by atoms with Crippen LogP contribution in [0.25, 0.3) is 5.65 Å². The Morgan fingerprint density at radius 2 is 2.08 bits per heavy atom. The Morgan fingerprint density at radius 3 is 2.88 bits per heavy atom. The molecule has 26 heavy (non-hydrogen) atoms. The number of aliphatic imine (C=N–C) groups is 1. The summed E-state index contributed by atoms with van der Waals surface area (Å²) < 4.78 is 1.96. The van der Waals surface area contributed by atoms with Gasteiger partial charge in [0.15, 0.2) is 5.96 Å². The monoisotopic (exact) mass is 374 g/mol. The van der Waals surface area contributed by atoms with E-state index < -0.39 is 0 Å². The van der Waals surface area contributed by atoms with Gasteiger partial charge in [0.05, 0.1) is 17.3 Å². The Balaban J connectivity index is 1.35. The summed E-state index contributed by atoms with van der Waals surface area (Å²) in [4.78, 5) is 14.2. The summed E-state index contributed by atoms with van der Waals surface area (Å²) in [5.41, 5.74) is 1.90. The number of piperidine rings is 1. The van der Waals surface area contributed by atoms with Crippen molar-refractivity contribution in [1.29, 1.82) is 0 Å². The minimum absolute atomic E-state index is 0.664. The number of pyridine rings is 1. The van der Waals surface area contributed by atoms with E-state index in [0.29, 0.717) is 17.6 Å². The zero-order valence-corrected chi connectivity index (χ0v) is 16.1. The lowest BCUT2D eigenvalue weighted by Gasteiger charge is -2.32. The normalized spacial score (nSPS) is 22.3. The highest BCUT2D eigenvalue weighted by molar-refractivity contribution is 6.30. The first-order valence-corrected chi connectivity index (χ1v) is 9.93. The number of halogens is 1. The van der Waals surface area contributed by atoms with Crippen LogP contribution in [0, 0.1) is 0 Å². The van der Waals surface area contributed by atoms with Gasteiger partial charge in [-0.1, -0.05) is 18.0 Å². The van der Waals surface area contributed by atoms with Gasteiger partial charge in [0, 0.05) is 38.6 Å². The largest absolute Gasteiger partial charge is 0.351 e. The Kier molecular flexibility index (Phi) is 5.31. The highest BCUT2D eigenvalue weighted by Crippen LogP contribution is 2.20. The minimum Gasteiger partial charge on any atom is -0.351 e. The molecule has 0 bridgehead atoms. The number of fused-ring (bicyclic) bond motifs is 1. The highest BCUT2D eigenvalue weighted by Gasteiger charge is 2.29. The van der Waals surface area contributed by atoms with Crippen molar-refractivity contribution in [2.75, 3.05) is 33.2 Å². The zero-order chi connectivity index (χ0) is 17.9. The second-order valence-corrected chi connectivity index (χ2v) is 7.67. The standard InChI is InChI=1S/C19H27ClN6/c1-21-19(25-10-7-17(14-25)24-8-3-2-4-9-24)22-11-16-13-26-12-15(20)5-6-18(26)23-16/h5-6,12-13,17H,2-4,7-11,14H2,1H3,(H,21,22). The summed E-state index contributed by atoms with van der Waals surface area (Å²) in [6, 6.07) is 4.47. The van der Waals surface area contributed by atoms with Gasteiger partial charge in [-0.15, -0.1) is 0 Å². The molecule has 7 heteroatoms. The molecule has 140 valence electrons. The van der Waals surface area contributed by atoms with Crippen LogP contribution in [0.3, 0.4) is 0 Å². The maximum absolute atomic E-state index is 6.05. The van der Waals surface area contributed by atoms with E-state index in [2.05, 4.69) is 25.1 Å². The van der Waals surface area contributed by atoms with Crippen molar-refractivity contribution in [3.05, 3.63) is 35.2 Å². The van der Waals surface area contributed by atoms with Crippen molar-refractivity contribution in [2.24, 2.45) is 4.99 Å². The number of rotatable bonds is 3. The molecule has 2 saturated heterocycles. The summed E-state index contributed by atoms with van der Waals surface area (Å²) in [6.45, 7) is 5.32. The molecular formula is C19H27ClN6. The topological polar surface area (TPSA) is 48.2 Å². The molecule has 4 rings (SSSR count). The highest BCUT2D eigenvalue weighted by atomic mass is 35.5. The van der Waals surface area contributed by atoms with Gasteiger partial charge >= 0.3 is 0 Å². The molecule has 1 unspecified atom stereocenters. The average molecular weight is 375 g/mol. The van der Waals surface area contributed by atoms with Crippen molar-refractivity contribution >= 4 is 23.2 Å². The van der Waals surface area contributed by atoms with Gasteiger partial charge < -0.3 is 14.6 Å². The van der Waals surface area contributed by atoms with Crippen LogP contribution >= 0.6 is 11.6 Å². The molecule has 6 nitrogen and oxygen atoms in total. The molecule has 2 aliphatic heterocycles. The van der Waals surface area contributed by atoms with Crippen LogP contribution in [0.15, 0.2) is 29.5 Å². The first-order chi connectivity index (χ1) is 12.7. The van der Waals surface area contributed by atoms with Crippen molar-refractivity contribution in [1.82, 2.24) is 24.5 Å². The summed E-state index contributed by atoms with van der Waals surface area (Å²) in [7, 11) is 1.86. The van der Waals surface area contributed by atoms with Crippen LogP contribution in [0.2, 0.25) is 5.02 Å². The van der Waals surface area contributed by atoms with Gasteiger partial charge in [-0.25, -0.2) is 4.98 Å². The molecule has 2 aromatic rings. The lowest BCUT2D eigenvalue weighted by molar-refractivity contribution is 0.168. The SMILES string of the molecule is CN=C(NCc1cn2cc(Cl)ccc2n1)N1CCC(N2CCCCC2)C1. The van der Waals surface area contributed by atoms with Crippen molar-refractivity contribution < 1.29 is 0 Å². The molecule has 1 atom stereocenters.